The molecule has 0 radical (unpaired) electrons. The molecule has 0 unspecified atom stereocenters. The van der Waals surface area contributed by atoms with Crippen LogP contribution in [0.15, 0.2) is 66.7 Å². The Morgan fingerprint density at radius 3 is 2.10 bits per heavy atom. The van der Waals surface area contributed by atoms with Crippen molar-refractivity contribution in [3.05, 3.63) is 89.0 Å². The summed E-state index contributed by atoms with van der Waals surface area (Å²) in [6, 6.07) is 21.4. The fraction of sp³-hybridized carbons (Fsp3) is 0.200. The summed E-state index contributed by atoms with van der Waals surface area (Å²) in [6.07, 6.45) is 1.27. The van der Waals surface area contributed by atoms with Crippen molar-refractivity contribution in [1.29, 1.82) is 0 Å². The van der Waals surface area contributed by atoms with Gasteiger partial charge in [-0.1, -0.05) is 54.6 Å². The Morgan fingerprint density at radius 1 is 0.967 bits per heavy atom. The quantitative estimate of drug-likeness (QED) is 0.642. The van der Waals surface area contributed by atoms with E-state index < -0.39 is 11.5 Å². The van der Waals surface area contributed by atoms with Gasteiger partial charge in [0.05, 0.1) is 12.6 Å². The summed E-state index contributed by atoms with van der Waals surface area (Å²) in [5.74, 6) is -0.784. The third kappa shape index (κ3) is 3.22. The first-order valence-electron chi connectivity index (χ1n) is 9.84. The maximum Gasteiger partial charge on any atom is 0.339 e. The molecule has 30 heavy (non-hydrogen) atoms. The largest absolute Gasteiger partial charge is 0.496 e. The lowest BCUT2D eigenvalue weighted by Gasteiger charge is -2.33. The SMILES string of the molecule is COc1cc(CCC2(NC(C)=O)c3ccccc3-c3ccccc32)ccc1C(=O)O. The van der Waals surface area contributed by atoms with E-state index in [1.54, 1.807) is 18.2 Å². The van der Waals surface area contributed by atoms with Crippen molar-refractivity contribution in [1.82, 2.24) is 5.32 Å². The van der Waals surface area contributed by atoms with E-state index in [-0.39, 0.29) is 11.5 Å². The fourth-order valence-electron chi connectivity index (χ4n) is 4.49. The zero-order valence-corrected chi connectivity index (χ0v) is 16.9. The van der Waals surface area contributed by atoms with E-state index in [9.17, 15) is 14.7 Å². The third-order valence-corrected chi connectivity index (χ3v) is 5.74. The molecule has 0 aromatic heterocycles. The summed E-state index contributed by atoms with van der Waals surface area (Å²) >= 11 is 0. The van der Waals surface area contributed by atoms with E-state index >= 15 is 0 Å². The first-order valence-corrected chi connectivity index (χ1v) is 9.84. The summed E-state index contributed by atoms with van der Waals surface area (Å²) < 4.78 is 5.27. The zero-order chi connectivity index (χ0) is 21.3. The highest BCUT2D eigenvalue weighted by atomic mass is 16.5. The van der Waals surface area contributed by atoms with Crippen molar-refractivity contribution in [3.63, 3.8) is 0 Å². The second-order valence-electron chi connectivity index (χ2n) is 7.52. The van der Waals surface area contributed by atoms with Gasteiger partial charge in [-0.25, -0.2) is 4.79 Å². The van der Waals surface area contributed by atoms with Gasteiger partial charge >= 0.3 is 5.97 Å². The molecule has 1 aliphatic carbocycles. The number of nitrogens with one attached hydrogen (secondary N) is 1. The molecule has 4 rings (SSSR count). The molecular formula is C25H23NO4. The van der Waals surface area contributed by atoms with E-state index in [4.69, 9.17) is 4.74 Å². The van der Waals surface area contributed by atoms with Gasteiger partial charge in [-0.2, -0.15) is 0 Å². The molecule has 0 aliphatic heterocycles. The molecule has 0 heterocycles. The molecule has 2 N–H and O–H groups in total. The van der Waals surface area contributed by atoms with Gasteiger partial charge in [0.2, 0.25) is 5.91 Å². The van der Waals surface area contributed by atoms with Crippen LogP contribution >= 0.6 is 0 Å². The number of aromatic carboxylic acids is 1. The smallest absolute Gasteiger partial charge is 0.339 e. The number of hydrogen-bond donors (Lipinski definition) is 2. The van der Waals surface area contributed by atoms with Crippen LogP contribution in [-0.4, -0.2) is 24.1 Å². The van der Waals surface area contributed by atoms with Gasteiger partial charge < -0.3 is 15.2 Å². The molecule has 152 valence electrons. The number of hydrogen-bond acceptors (Lipinski definition) is 3. The van der Waals surface area contributed by atoms with Crippen molar-refractivity contribution in [2.45, 2.75) is 25.3 Å². The van der Waals surface area contributed by atoms with Crippen LogP contribution in [0.1, 0.15) is 40.4 Å². The zero-order valence-electron chi connectivity index (χ0n) is 16.9. The molecule has 5 heteroatoms. The minimum Gasteiger partial charge on any atom is -0.496 e. The first-order chi connectivity index (χ1) is 14.5. The molecule has 1 aliphatic rings. The molecule has 3 aromatic rings. The second kappa shape index (κ2) is 7.67. The number of carboxylic acid groups (broad SMARTS) is 1. The Hall–Kier alpha value is -3.60. The summed E-state index contributed by atoms with van der Waals surface area (Å²) in [4.78, 5) is 23.6. The highest BCUT2D eigenvalue weighted by Gasteiger charge is 2.43. The van der Waals surface area contributed by atoms with Crippen LogP contribution in [-0.2, 0) is 16.8 Å². The lowest BCUT2D eigenvalue weighted by molar-refractivity contribution is -0.120. The molecular weight excluding hydrogens is 378 g/mol. The standard InChI is InChI=1S/C25H23NO4/c1-16(27)26-25(14-13-17-11-12-20(24(28)29)23(15-17)30-2)21-9-5-3-7-18(21)19-8-4-6-10-22(19)25/h3-12,15H,13-14H2,1-2H3,(H,26,27)(H,28,29). The van der Waals surface area contributed by atoms with Crippen LogP contribution in [0.3, 0.4) is 0 Å². The van der Waals surface area contributed by atoms with Crippen molar-refractivity contribution in [2.24, 2.45) is 0 Å². The van der Waals surface area contributed by atoms with Crippen LogP contribution < -0.4 is 10.1 Å². The Bertz CT molecular complexity index is 1090. The summed E-state index contributed by atoms with van der Waals surface area (Å²) in [6.45, 7) is 1.54. The number of aryl methyl sites for hydroxylation is 1. The van der Waals surface area contributed by atoms with Gasteiger partial charge in [-0.05, 0) is 52.8 Å². The highest BCUT2D eigenvalue weighted by Crippen LogP contribution is 2.49. The number of benzene rings is 3. The molecule has 0 saturated carbocycles. The number of carboxylic acids is 1. The van der Waals surface area contributed by atoms with Gasteiger partial charge in [-0.15, -0.1) is 0 Å². The van der Waals surface area contributed by atoms with E-state index in [1.807, 2.05) is 24.3 Å². The van der Waals surface area contributed by atoms with Gasteiger partial charge in [0, 0.05) is 6.92 Å². The minimum absolute atomic E-state index is 0.0969. The van der Waals surface area contributed by atoms with Crippen LogP contribution in [0.4, 0.5) is 0 Å². The summed E-state index contributed by atoms with van der Waals surface area (Å²) in [5.41, 5.74) is 4.85. The monoisotopic (exact) mass is 401 g/mol. The van der Waals surface area contributed by atoms with E-state index in [0.29, 0.717) is 18.6 Å². The molecule has 0 fully saturated rings. The van der Waals surface area contributed by atoms with Crippen LogP contribution in [0.2, 0.25) is 0 Å². The molecule has 3 aromatic carbocycles. The van der Waals surface area contributed by atoms with Crippen LogP contribution in [0.5, 0.6) is 5.75 Å². The molecule has 0 atom stereocenters. The molecule has 5 nitrogen and oxygen atoms in total. The topological polar surface area (TPSA) is 75.6 Å². The minimum atomic E-state index is -1.02. The lowest BCUT2D eigenvalue weighted by atomic mass is 9.82. The average molecular weight is 401 g/mol. The Balaban J connectivity index is 1.76. The number of rotatable bonds is 6. The van der Waals surface area contributed by atoms with Crippen LogP contribution in [0, 0.1) is 0 Å². The normalized spacial score (nSPS) is 13.3. The Labute approximate surface area is 175 Å². The Kier molecular flexibility index (Phi) is 5.04. The van der Waals surface area contributed by atoms with Gasteiger partial charge in [-0.3, -0.25) is 4.79 Å². The molecule has 0 bridgehead atoms. The van der Waals surface area contributed by atoms with E-state index in [0.717, 1.165) is 27.8 Å². The van der Waals surface area contributed by atoms with Crippen molar-refractivity contribution >= 4 is 11.9 Å². The fourth-order valence-corrected chi connectivity index (χ4v) is 4.49. The highest BCUT2D eigenvalue weighted by molar-refractivity contribution is 5.91. The number of methoxy groups -OCH3 is 1. The molecule has 0 spiro atoms. The van der Waals surface area contributed by atoms with Crippen molar-refractivity contribution < 1.29 is 19.4 Å². The molecule has 0 saturated heterocycles. The van der Waals surface area contributed by atoms with Crippen LogP contribution in [0.25, 0.3) is 11.1 Å². The van der Waals surface area contributed by atoms with Gasteiger partial charge in [0.15, 0.2) is 0 Å². The van der Waals surface area contributed by atoms with E-state index in [1.165, 1.54) is 14.0 Å². The van der Waals surface area contributed by atoms with Crippen molar-refractivity contribution in [2.75, 3.05) is 7.11 Å². The predicted octanol–water partition coefficient (Wildman–Crippen LogP) is 4.39. The number of amides is 1. The van der Waals surface area contributed by atoms with E-state index in [2.05, 4.69) is 29.6 Å². The molecule has 1 amide bonds. The first kappa shape index (κ1) is 19.7. The number of ether oxygens (including phenoxy) is 1. The van der Waals surface area contributed by atoms with Crippen molar-refractivity contribution in [3.8, 4) is 16.9 Å². The van der Waals surface area contributed by atoms with Gasteiger partial charge in [0.1, 0.15) is 11.3 Å². The number of carbonyl (C=O) groups excluding carboxylic acids is 1. The average Bonchev–Trinajstić information content (AvgIpc) is 3.02. The summed E-state index contributed by atoms with van der Waals surface area (Å²) in [7, 11) is 1.47. The number of fused-ring (bicyclic) bond motifs is 3. The van der Waals surface area contributed by atoms with Gasteiger partial charge in [0.25, 0.3) is 0 Å². The maximum atomic E-state index is 12.3. The maximum absolute atomic E-state index is 12.3. The third-order valence-electron chi connectivity index (χ3n) is 5.74. The lowest BCUT2D eigenvalue weighted by Crippen LogP contribution is -2.45. The summed E-state index contributed by atoms with van der Waals surface area (Å²) in [5, 5.41) is 12.6. The Morgan fingerprint density at radius 2 is 1.57 bits per heavy atom. The second-order valence-corrected chi connectivity index (χ2v) is 7.52. The predicted molar refractivity (Wildman–Crippen MR) is 115 cm³/mol. The number of carbonyl (C=O) groups is 2.